The van der Waals surface area contributed by atoms with Crippen LogP contribution in [0.15, 0.2) is 30.3 Å². The molecular weight excluding hydrogens is 256 g/mol. The predicted molar refractivity (Wildman–Crippen MR) is 71.6 cm³/mol. The number of morpholine rings is 1. The molecule has 0 radical (unpaired) electrons. The molecule has 5 nitrogen and oxygen atoms in total. The van der Waals surface area contributed by atoms with Crippen LogP contribution >= 0.6 is 0 Å². The van der Waals surface area contributed by atoms with E-state index in [1.165, 1.54) is 11.5 Å². The minimum Gasteiger partial charge on any atom is -0.371 e. The molecule has 1 aliphatic carbocycles. The second-order valence-electron chi connectivity index (χ2n) is 5.78. The summed E-state index contributed by atoms with van der Waals surface area (Å²) in [6.45, 7) is 1.99. The Labute approximate surface area is 118 Å². The van der Waals surface area contributed by atoms with Gasteiger partial charge in [0.15, 0.2) is 0 Å². The van der Waals surface area contributed by atoms with E-state index < -0.39 is 0 Å². The van der Waals surface area contributed by atoms with Gasteiger partial charge in [0.05, 0.1) is 18.8 Å². The maximum atomic E-state index is 12.4. The van der Waals surface area contributed by atoms with Gasteiger partial charge in [-0.2, -0.15) is 5.06 Å². The Hall–Kier alpha value is -1.59. The Balaban J connectivity index is 1.41. The average Bonchev–Trinajstić information content (AvgIpc) is 3.26. The number of ether oxygens (including phenoxy) is 1. The third-order valence-electron chi connectivity index (χ3n) is 4.44. The lowest BCUT2D eigenvalue weighted by Gasteiger charge is -2.48. The fourth-order valence-corrected chi connectivity index (χ4v) is 3.06. The third kappa shape index (κ3) is 1.98. The summed E-state index contributed by atoms with van der Waals surface area (Å²) in [6, 6.07) is 9.79. The summed E-state index contributed by atoms with van der Waals surface area (Å²) in [6.07, 6.45) is 3.12. The maximum absolute atomic E-state index is 12.4. The highest BCUT2D eigenvalue weighted by Gasteiger charge is 2.49. The minimum atomic E-state index is -0.219. The molecule has 2 heterocycles. The topological polar surface area (TPSA) is 45.1 Å². The molecule has 5 heteroatoms. The van der Waals surface area contributed by atoms with Gasteiger partial charge in [0, 0.05) is 12.1 Å². The van der Waals surface area contributed by atoms with Crippen LogP contribution < -0.4 is 0 Å². The second-order valence-corrected chi connectivity index (χ2v) is 5.78. The smallest absolute Gasteiger partial charge is 0.347 e. The van der Waals surface area contributed by atoms with Crippen molar-refractivity contribution in [1.82, 2.24) is 9.96 Å². The molecule has 2 saturated heterocycles. The van der Waals surface area contributed by atoms with Gasteiger partial charge < -0.3 is 9.64 Å². The summed E-state index contributed by atoms with van der Waals surface area (Å²) in [5.74, 6) is 0. The van der Waals surface area contributed by atoms with Crippen molar-refractivity contribution in [1.29, 1.82) is 0 Å². The van der Waals surface area contributed by atoms with Gasteiger partial charge in [-0.05, 0) is 19.3 Å². The Kier molecular flexibility index (Phi) is 2.72. The van der Waals surface area contributed by atoms with Crippen LogP contribution in [0.1, 0.15) is 31.1 Å². The number of benzene rings is 1. The number of carbonyl (C=O) groups excluding carboxylic acids is 1. The lowest BCUT2D eigenvalue weighted by Crippen LogP contribution is -2.57. The van der Waals surface area contributed by atoms with E-state index >= 15 is 0 Å². The average molecular weight is 274 g/mol. The summed E-state index contributed by atoms with van der Waals surface area (Å²) < 4.78 is 5.84. The van der Waals surface area contributed by atoms with Crippen molar-refractivity contribution >= 4 is 6.03 Å². The van der Waals surface area contributed by atoms with Crippen molar-refractivity contribution in [2.24, 2.45) is 0 Å². The molecule has 1 saturated carbocycles. The summed E-state index contributed by atoms with van der Waals surface area (Å²) in [5.41, 5.74) is 0.957. The summed E-state index contributed by atoms with van der Waals surface area (Å²) in [7, 11) is 0. The summed E-state index contributed by atoms with van der Waals surface area (Å²) >= 11 is 0. The number of hydrogen-bond donors (Lipinski definition) is 0. The maximum Gasteiger partial charge on any atom is 0.347 e. The molecule has 4 rings (SSSR count). The highest BCUT2D eigenvalue weighted by atomic mass is 16.8. The van der Waals surface area contributed by atoms with Crippen LogP contribution in [0.4, 0.5) is 4.79 Å². The van der Waals surface area contributed by atoms with Crippen LogP contribution in [0, 0.1) is 0 Å². The van der Waals surface area contributed by atoms with E-state index in [1.54, 1.807) is 0 Å². The van der Waals surface area contributed by atoms with E-state index in [2.05, 4.69) is 0 Å². The van der Waals surface area contributed by atoms with Gasteiger partial charge in [-0.25, -0.2) is 9.63 Å². The fourth-order valence-electron chi connectivity index (χ4n) is 3.06. The highest BCUT2D eigenvalue weighted by molar-refractivity contribution is 5.75. The van der Waals surface area contributed by atoms with E-state index in [4.69, 9.17) is 9.57 Å². The van der Waals surface area contributed by atoms with Crippen LogP contribution in [0.3, 0.4) is 0 Å². The standard InChI is InChI=1S/C15H18N2O3/c18-14(16-9-10-19-15(11-16)7-4-8-15)17-13(20-17)12-5-2-1-3-6-12/h1-3,5-6,13H,4,7-11H2. The van der Waals surface area contributed by atoms with Crippen molar-refractivity contribution in [2.45, 2.75) is 31.1 Å². The van der Waals surface area contributed by atoms with Gasteiger partial charge in [0.2, 0.25) is 6.23 Å². The van der Waals surface area contributed by atoms with Crippen molar-refractivity contribution in [3.05, 3.63) is 35.9 Å². The van der Waals surface area contributed by atoms with Gasteiger partial charge >= 0.3 is 6.03 Å². The molecule has 3 aliphatic rings. The van der Waals surface area contributed by atoms with Gasteiger partial charge in [0.25, 0.3) is 0 Å². The zero-order valence-electron chi connectivity index (χ0n) is 11.3. The lowest BCUT2D eigenvalue weighted by atomic mass is 9.79. The number of rotatable bonds is 1. The Morgan fingerprint density at radius 3 is 2.75 bits per heavy atom. The summed E-state index contributed by atoms with van der Waals surface area (Å²) in [4.78, 5) is 19.7. The van der Waals surface area contributed by atoms with Crippen molar-refractivity contribution in [3.8, 4) is 0 Å². The first kappa shape index (κ1) is 12.2. The van der Waals surface area contributed by atoms with E-state index in [0.29, 0.717) is 19.7 Å². The molecule has 0 N–H and O–H groups in total. The molecule has 106 valence electrons. The van der Waals surface area contributed by atoms with Crippen LogP contribution in [0.5, 0.6) is 0 Å². The van der Waals surface area contributed by atoms with Crippen LogP contribution in [0.2, 0.25) is 0 Å². The number of nitrogens with zero attached hydrogens (tertiary/aromatic N) is 2. The molecule has 1 spiro atoms. The largest absolute Gasteiger partial charge is 0.371 e. The molecule has 2 aliphatic heterocycles. The zero-order chi connectivity index (χ0) is 13.6. The van der Waals surface area contributed by atoms with E-state index in [-0.39, 0.29) is 17.9 Å². The lowest BCUT2D eigenvalue weighted by molar-refractivity contribution is -0.143. The number of carbonyl (C=O) groups is 1. The third-order valence-corrected chi connectivity index (χ3v) is 4.44. The minimum absolute atomic E-state index is 0.0339. The molecule has 0 aromatic heterocycles. The Bertz CT molecular complexity index is 515. The Morgan fingerprint density at radius 1 is 1.25 bits per heavy atom. The van der Waals surface area contributed by atoms with Crippen molar-refractivity contribution in [3.63, 3.8) is 0 Å². The molecule has 1 aromatic carbocycles. The zero-order valence-corrected chi connectivity index (χ0v) is 11.3. The van der Waals surface area contributed by atoms with E-state index in [0.717, 1.165) is 18.4 Å². The second kappa shape index (κ2) is 4.46. The fraction of sp³-hybridized carbons (Fsp3) is 0.533. The molecule has 1 aromatic rings. The summed E-state index contributed by atoms with van der Waals surface area (Å²) in [5, 5.41) is 1.47. The van der Waals surface area contributed by atoms with Gasteiger partial charge in [-0.15, -0.1) is 0 Å². The van der Waals surface area contributed by atoms with Crippen LogP contribution in [0.25, 0.3) is 0 Å². The first-order valence-corrected chi connectivity index (χ1v) is 7.21. The molecular formula is C15H18N2O3. The van der Waals surface area contributed by atoms with Crippen LogP contribution in [-0.2, 0) is 9.57 Å². The van der Waals surface area contributed by atoms with Crippen LogP contribution in [-0.4, -0.2) is 41.3 Å². The SMILES string of the molecule is O=C(N1CCOC2(CCC2)C1)N1OC1c1ccccc1. The highest BCUT2D eigenvalue weighted by Crippen LogP contribution is 2.41. The first-order chi connectivity index (χ1) is 9.77. The van der Waals surface area contributed by atoms with E-state index in [1.807, 2.05) is 35.2 Å². The predicted octanol–water partition coefficient (Wildman–Crippen LogP) is 2.31. The molecule has 1 unspecified atom stereocenters. The number of hydrogen-bond acceptors (Lipinski definition) is 3. The van der Waals surface area contributed by atoms with Crippen molar-refractivity contribution < 1.29 is 14.4 Å². The number of hydroxylamine groups is 2. The molecule has 2 amide bonds. The monoisotopic (exact) mass is 274 g/mol. The van der Waals surface area contributed by atoms with Gasteiger partial charge in [-0.3, -0.25) is 0 Å². The number of amides is 2. The van der Waals surface area contributed by atoms with Gasteiger partial charge in [-0.1, -0.05) is 30.3 Å². The molecule has 1 atom stereocenters. The number of urea groups is 1. The Morgan fingerprint density at radius 2 is 2.05 bits per heavy atom. The first-order valence-electron chi connectivity index (χ1n) is 7.21. The molecule has 20 heavy (non-hydrogen) atoms. The molecule has 0 bridgehead atoms. The molecule has 3 fully saturated rings. The quantitative estimate of drug-likeness (QED) is 0.738. The van der Waals surface area contributed by atoms with Crippen molar-refractivity contribution in [2.75, 3.05) is 19.7 Å². The van der Waals surface area contributed by atoms with Gasteiger partial charge in [0.1, 0.15) is 0 Å². The van der Waals surface area contributed by atoms with E-state index in [9.17, 15) is 4.79 Å². The normalized spacial score (nSPS) is 27.3.